The maximum atomic E-state index is 13.1. The van der Waals surface area contributed by atoms with Gasteiger partial charge < -0.3 is 10.1 Å². The highest BCUT2D eigenvalue weighted by Crippen LogP contribution is 2.36. The van der Waals surface area contributed by atoms with Crippen LogP contribution in [0.4, 0.5) is 18.9 Å². The topological polar surface area (TPSA) is 74.0 Å². The second-order valence-electron chi connectivity index (χ2n) is 7.17. The maximum Gasteiger partial charge on any atom is 0.436 e. The molecule has 0 saturated carbocycles. The average Bonchev–Trinajstić information content (AvgIpc) is 3.25. The molecule has 166 valence electrons. The molecular formula is C20H21BrF3N5O2. The van der Waals surface area contributed by atoms with E-state index in [9.17, 15) is 18.0 Å². The van der Waals surface area contributed by atoms with Crippen LogP contribution in [-0.2, 0) is 17.7 Å². The van der Waals surface area contributed by atoms with Crippen molar-refractivity contribution in [2.45, 2.75) is 46.6 Å². The first-order valence-corrected chi connectivity index (χ1v) is 10.1. The number of amides is 1. The summed E-state index contributed by atoms with van der Waals surface area (Å²) in [5.74, 6) is 0.196. The lowest BCUT2D eigenvalue weighted by Gasteiger charge is -2.13. The third-order valence-electron chi connectivity index (χ3n) is 4.68. The molecule has 0 aliphatic rings. The van der Waals surface area contributed by atoms with Crippen LogP contribution in [0.2, 0.25) is 0 Å². The minimum Gasteiger partial charge on any atom is -0.471 e. The lowest BCUT2D eigenvalue weighted by molar-refractivity contribution is -0.142. The zero-order valence-corrected chi connectivity index (χ0v) is 18.9. The molecule has 0 bridgehead atoms. The maximum absolute atomic E-state index is 13.1. The fraction of sp³-hybridized carbons (Fsp3) is 0.350. The molecule has 0 aliphatic heterocycles. The van der Waals surface area contributed by atoms with E-state index in [-0.39, 0.29) is 16.9 Å². The fourth-order valence-corrected chi connectivity index (χ4v) is 3.50. The van der Waals surface area contributed by atoms with E-state index >= 15 is 0 Å². The van der Waals surface area contributed by atoms with E-state index in [4.69, 9.17) is 4.74 Å². The second-order valence-corrected chi connectivity index (χ2v) is 7.96. The van der Waals surface area contributed by atoms with Gasteiger partial charge in [0.25, 0.3) is 0 Å². The van der Waals surface area contributed by atoms with E-state index in [1.54, 1.807) is 6.20 Å². The van der Waals surface area contributed by atoms with Crippen molar-refractivity contribution in [2.75, 3.05) is 5.32 Å². The molecule has 2 heterocycles. The van der Waals surface area contributed by atoms with Crippen molar-refractivity contribution in [1.29, 1.82) is 0 Å². The largest absolute Gasteiger partial charge is 0.471 e. The SMILES string of the molecule is Cc1ccc(OCn2cc(NC(=O)C(C)n3nc(C(F)(F)F)c(Br)c3C)cn2)c(C)c1. The second kappa shape index (κ2) is 8.74. The van der Waals surface area contributed by atoms with Crippen molar-refractivity contribution >= 4 is 27.5 Å². The number of anilines is 1. The zero-order chi connectivity index (χ0) is 22.9. The fourth-order valence-electron chi connectivity index (χ4n) is 3.01. The molecule has 2 aromatic heterocycles. The number of halogens is 4. The van der Waals surface area contributed by atoms with Gasteiger partial charge in [0.2, 0.25) is 5.91 Å². The first-order chi connectivity index (χ1) is 14.5. The lowest BCUT2D eigenvalue weighted by Crippen LogP contribution is -2.25. The number of aryl methyl sites for hydroxylation is 2. The number of nitrogens with one attached hydrogen (secondary N) is 1. The standard InChI is InChI=1S/C20H21BrF3N5O2/c1-11-5-6-16(12(2)7-11)31-10-28-9-15(8-25-28)26-19(30)14(4)29-13(3)17(21)18(27-29)20(22,23)24/h5-9,14H,10H2,1-4H3,(H,26,30). The van der Waals surface area contributed by atoms with E-state index in [0.717, 1.165) is 21.6 Å². The summed E-state index contributed by atoms with van der Waals surface area (Å²) >= 11 is 2.91. The highest BCUT2D eigenvalue weighted by molar-refractivity contribution is 9.10. The number of alkyl halides is 3. The average molecular weight is 500 g/mol. The molecule has 3 aromatic rings. The molecule has 31 heavy (non-hydrogen) atoms. The van der Waals surface area contributed by atoms with Crippen LogP contribution in [0.1, 0.15) is 35.5 Å². The summed E-state index contributed by atoms with van der Waals surface area (Å²) in [4.78, 5) is 12.6. The van der Waals surface area contributed by atoms with Gasteiger partial charge in [0, 0.05) is 0 Å². The van der Waals surface area contributed by atoms with Crippen molar-refractivity contribution in [3.8, 4) is 5.75 Å². The lowest BCUT2D eigenvalue weighted by atomic mass is 10.1. The Morgan fingerprint density at radius 2 is 2.00 bits per heavy atom. The summed E-state index contributed by atoms with van der Waals surface area (Å²) in [6, 6.07) is 4.85. The van der Waals surface area contributed by atoms with Crippen molar-refractivity contribution in [3.05, 3.63) is 57.6 Å². The number of carbonyl (C=O) groups excluding carboxylic acids is 1. The summed E-state index contributed by atoms with van der Waals surface area (Å²) < 4.78 is 47.3. The van der Waals surface area contributed by atoms with Crippen LogP contribution in [0, 0.1) is 20.8 Å². The molecule has 1 unspecified atom stereocenters. The predicted octanol–water partition coefficient (Wildman–Crippen LogP) is 5.02. The molecule has 0 radical (unpaired) electrons. The van der Waals surface area contributed by atoms with E-state index in [1.807, 2.05) is 32.0 Å². The first kappa shape index (κ1) is 22.9. The van der Waals surface area contributed by atoms with Gasteiger partial charge in [-0.25, -0.2) is 4.68 Å². The van der Waals surface area contributed by atoms with Crippen molar-refractivity contribution in [1.82, 2.24) is 19.6 Å². The Morgan fingerprint density at radius 3 is 2.61 bits per heavy atom. The molecule has 7 nitrogen and oxygen atoms in total. The Morgan fingerprint density at radius 1 is 1.29 bits per heavy atom. The number of benzene rings is 1. The van der Waals surface area contributed by atoms with Crippen LogP contribution in [-0.4, -0.2) is 25.5 Å². The number of aromatic nitrogens is 4. The summed E-state index contributed by atoms with van der Waals surface area (Å²) in [6.45, 7) is 7.00. The van der Waals surface area contributed by atoms with Crippen LogP contribution in [0.5, 0.6) is 5.75 Å². The minimum absolute atomic E-state index is 0.134. The third-order valence-corrected chi connectivity index (χ3v) is 5.62. The molecular weight excluding hydrogens is 479 g/mol. The number of carbonyl (C=O) groups is 1. The van der Waals surface area contributed by atoms with Gasteiger partial charge in [-0.1, -0.05) is 17.7 Å². The molecule has 0 fully saturated rings. The van der Waals surface area contributed by atoms with Gasteiger partial charge in [-0.05, 0) is 55.3 Å². The van der Waals surface area contributed by atoms with Crippen LogP contribution < -0.4 is 10.1 Å². The molecule has 11 heteroatoms. The van der Waals surface area contributed by atoms with E-state index in [0.29, 0.717) is 5.69 Å². The normalized spacial score (nSPS) is 12.6. The minimum atomic E-state index is -4.62. The number of ether oxygens (including phenoxy) is 1. The summed E-state index contributed by atoms with van der Waals surface area (Å²) in [5.41, 5.74) is 1.65. The molecule has 1 aromatic carbocycles. The Labute approximate surface area is 185 Å². The van der Waals surface area contributed by atoms with Gasteiger partial charge in [-0.2, -0.15) is 23.4 Å². The summed E-state index contributed by atoms with van der Waals surface area (Å²) in [5, 5.41) is 10.3. The predicted molar refractivity (Wildman–Crippen MR) is 112 cm³/mol. The molecule has 0 spiro atoms. The number of rotatable bonds is 6. The van der Waals surface area contributed by atoms with E-state index in [1.165, 1.54) is 24.7 Å². The van der Waals surface area contributed by atoms with Gasteiger partial charge in [0.1, 0.15) is 11.8 Å². The highest BCUT2D eigenvalue weighted by Gasteiger charge is 2.39. The summed E-state index contributed by atoms with van der Waals surface area (Å²) in [7, 11) is 0. The quantitative estimate of drug-likeness (QED) is 0.516. The molecule has 1 amide bonds. The Kier molecular flexibility index (Phi) is 6.44. The van der Waals surface area contributed by atoms with Gasteiger partial charge >= 0.3 is 6.18 Å². The molecule has 0 saturated heterocycles. The molecule has 1 N–H and O–H groups in total. The van der Waals surface area contributed by atoms with E-state index in [2.05, 4.69) is 31.4 Å². The molecule has 1 atom stereocenters. The van der Waals surface area contributed by atoms with Gasteiger partial charge in [-0.3, -0.25) is 9.48 Å². The number of hydrogen-bond acceptors (Lipinski definition) is 4. The Hall–Kier alpha value is -2.82. The van der Waals surface area contributed by atoms with Gasteiger partial charge in [-0.15, -0.1) is 0 Å². The molecule has 3 rings (SSSR count). The van der Waals surface area contributed by atoms with Crippen molar-refractivity contribution < 1.29 is 22.7 Å². The van der Waals surface area contributed by atoms with Gasteiger partial charge in [0.15, 0.2) is 12.4 Å². The van der Waals surface area contributed by atoms with Crippen LogP contribution in [0.15, 0.2) is 35.1 Å². The zero-order valence-electron chi connectivity index (χ0n) is 17.3. The van der Waals surface area contributed by atoms with Crippen molar-refractivity contribution in [3.63, 3.8) is 0 Å². The number of hydrogen-bond donors (Lipinski definition) is 1. The smallest absolute Gasteiger partial charge is 0.436 e. The Bertz CT molecular complexity index is 1110. The van der Waals surface area contributed by atoms with Crippen LogP contribution in [0.3, 0.4) is 0 Å². The van der Waals surface area contributed by atoms with E-state index < -0.39 is 23.8 Å². The first-order valence-electron chi connectivity index (χ1n) is 9.32. The third kappa shape index (κ3) is 5.09. The molecule has 0 aliphatic carbocycles. The van der Waals surface area contributed by atoms with Crippen LogP contribution in [0.25, 0.3) is 0 Å². The van der Waals surface area contributed by atoms with Crippen LogP contribution >= 0.6 is 15.9 Å². The van der Waals surface area contributed by atoms with Gasteiger partial charge in [0.05, 0.1) is 28.2 Å². The Balaban J connectivity index is 1.66. The summed E-state index contributed by atoms with van der Waals surface area (Å²) in [6.07, 6.45) is -1.62. The monoisotopic (exact) mass is 499 g/mol. The highest BCUT2D eigenvalue weighted by atomic mass is 79.9. The number of nitrogens with zero attached hydrogens (tertiary/aromatic N) is 4. The van der Waals surface area contributed by atoms with Crippen molar-refractivity contribution in [2.24, 2.45) is 0 Å².